The molecule has 2 aromatic carbocycles. The maximum atomic E-state index is 13.0. The van der Waals surface area contributed by atoms with Gasteiger partial charge in [-0.15, -0.1) is 13.2 Å². The van der Waals surface area contributed by atoms with E-state index in [4.69, 9.17) is 4.74 Å². The number of carbonyl (C=O) groups is 1. The first kappa shape index (κ1) is 20.1. The molecule has 150 valence electrons. The lowest BCUT2D eigenvalue weighted by Gasteiger charge is -2.32. The fourth-order valence-corrected chi connectivity index (χ4v) is 3.04. The number of amides is 1. The summed E-state index contributed by atoms with van der Waals surface area (Å²) in [6.45, 7) is 1.22. The summed E-state index contributed by atoms with van der Waals surface area (Å²) in [5, 5.41) is 0. The van der Waals surface area contributed by atoms with Crippen LogP contribution in [0.1, 0.15) is 28.8 Å². The summed E-state index contributed by atoms with van der Waals surface area (Å²) in [5.41, 5.74) is 1.12. The minimum absolute atomic E-state index is 0.177. The molecule has 1 fully saturated rings. The Kier molecular flexibility index (Phi) is 6.18. The van der Waals surface area contributed by atoms with Crippen molar-refractivity contribution in [1.29, 1.82) is 0 Å². The molecule has 0 radical (unpaired) electrons. The normalized spacial score (nSPS) is 17.4. The minimum Gasteiger partial charge on any atom is -0.406 e. The largest absolute Gasteiger partial charge is 0.573 e. The highest BCUT2D eigenvalue weighted by Gasteiger charge is 2.31. The Labute approximate surface area is 159 Å². The quantitative estimate of drug-likeness (QED) is 0.695. The number of ether oxygens (including phenoxy) is 2. The number of piperidine rings is 1. The van der Waals surface area contributed by atoms with Crippen molar-refractivity contribution in [2.24, 2.45) is 0 Å². The van der Waals surface area contributed by atoms with Crippen molar-refractivity contribution < 1.29 is 31.8 Å². The summed E-state index contributed by atoms with van der Waals surface area (Å²) in [5.74, 6) is -0.866. The Balaban J connectivity index is 1.52. The van der Waals surface area contributed by atoms with Crippen molar-refractivity contribution in [3.63, 3.8) is 0 Å². The standard InChI is InChI=1S/C20H19F4NO3/c21-16-7-5-15(6-8-16)19(26)25-11-1-2-18(12-25)27-13-14-3-9-17(10-4-14)28-20(22,23)24/h3-10,18H,1-2,11-13H2. The molecule has 8 heteroatoms. The van der Waals surface area contributed by atoms with Crippen molar-refractivity contribution >= 4 is 5.91 Å². The first-order valence-corrected chi connectivity index (χ1v) is 8.81. The molecule has 0 bridgehead atoms. The number of alkyl halides is 3. The Morgan fingerprint density at radius 1 is 1.07 bits per heavy atom. The fraction of sp³-hybridized carbons (Fsp3) is 0.350. The first-order chi connectivity index (χ1) is 13.3. The van der Waals surface area contributed by atoms with Crippen molar-refractivity contribution in [3.05, 3.63) is 65.5 Å². The zero-order valence-corrected chi connectivity index (χ0v) is 14.9. The van der Waals surface area contributed by atoms with E-state index in [0.29, 0.717) is 24.2 Å². The third kappa shape index (κ3) is 5.69. The summed E-state index contributed by atoms with van der Waals surface area (Å²) in [7, 11) is 0. The lowest BCUT2D eigenvalue weighted by molar-refractivity contribution is -0.274. The van der Waals surface area contributed by atoms with E-state index in [0.717, 1.165) is 12.8 Å². The molecule has 4 nitrogen and oxygen atoms in total. The van der Waals surface area contributed by atoms with Crippen molar-refractivity contribution in [2.75, 3.05) is 13.1 Å². The number of hydrogen-bond acceptors (Lipinski definition) is 3. The van der Waals surface area contributed by atoms with E-state index in [1.54, 1.807) is 4.90 Å². The van der Waals surface area contributed by atoms with Crippen LogP contribution in [0.3, 0.4) is 0 Å². The molecule has 3 rings (SSSR count). The molecule has 0 aromatic heterocycles. The molecule has 1 amide bonds. The number of likely N-dealkylation sites (tertiary alicyclic amines) is 1. The number of carbonyl (C=O) groups excluding carboxylic acids is 1. The van der Waals surface area contributed by atoms with Gasteiger partial charge in [0.2, 0.25) is 0 Å². The highest BCUT2D eigenvalue weighted by Crippen LogP contribution is 2.23. The van der Waals surface area contributed by atoms with E-state index < -0.39 is 12.2 Å². The van der Waals surface area contributed by atoms with E-state index in [-0.39, 0.29) is 24.4 Å². The van der Waals surface area contributed by atoms with Crippen LogP contribution in [-0.2, 0) is 11.3 Å². The third-order valence-electron chi connectivity index (χ3n) is 4.40. The summed E-state index contributed by atoms with van der Waals surface area (Å²) < 4.78 is 59.2. The number of rotatable bonds is 5. The average molecular weight is 397 g/mol. The Hall–Kier alpha value is -2.61. The second-order valence-electron chi connectivity index (χ2n) is 6.53. The lowest BCUT2D eigenvalue weighted by Crippen LogP contribution is -2.43. The predicted octanol–water partition coefficient (Wildman–Crippen LogP) is 4.55. The molecule has 1 heterocycles. The van der Waals surface area contributed by atoms with Gasteiger partial charge in [-0.25, -0.2) is 4.39 Å². The molecule has 0 N–H and O–H groups in total. The molecular formula is C20H19F4NO3. The maximum Gasteiger partial charge on any atom is 0.573 e. The van der Waals surface area contributed by atoms with Crippen LogP contribution < -0.4 is 4.74 Å². The van der Waals surface area contributed by atoms with E-state index in [1.807, 2.05) is 0 Å². The van der Waals surface area contributed by atoms with Gasteiger partial charge in [0.1, 0.15) is 11.6 Å². The summed E-state index contributed by atoms with van der Waals surface area (Å²) in [6, 6.07) is 10.9. The Morgan fingerprint density at radius 2 is 1.75 bits per heavy atom. The van der Waals surface area contributed by atoms with Gasteiger partial charge in [-0.1, -0.05) is 12.1 Å². The highest BCUT2D eigenvalue weighted by atomic mass is 19.4. The molecular weight excluding hydrogens is 378 g/mol. The van der Waals surface area contributed by atoms with Crippen LogP contribution in [0, 0.1) is 5.82 Å². The molecule has 0 spiro atoms. The highest BCUT2D eigenvalue weighted by molar-refractivity contribution is 5.94. The van der Waals surface area contributed by atoms with Crippen molar-refractivity contribution in [3.8, 4) is 5.75 Å². The number of benzene rings is 2. The molecule has 28 heavy (non-hydrogen) atoms. The number of halogens is 4. The van der Waals surface area contributed by atoms with E-state index in [2.05, 4.69) is 4.74 Å². The van der Waals surface area contributed by atoms with Gasteiger partial charge in [0.25, 0.3) is 5.91 Å². The maximum absolute atomic E-state index is 13.0. The van der Waals surface area contributed by atoms with Gasteiger partial charge in [0.15, 0.2) is 0 Å². The van der Waals surface area contributed by atoms with Gasteiger partial charge in [-0.2, -0.15) is 0 Å². The van der Waals surface area contributed by atoms with Crippen LogP contribution in [0.2, 0.25) is 0 Å². The molecule has 0 aliphatic carbocycles. The van der Waals surface area contributed by atoms with Gasteiger partial charge in [0.05, 0.1) is 12.7 Å². The van der Waals surface area contributed by atoms with E-state index >= 15 is 0 Å². The van der Waals surface area contributed by atoms with E-state index in [9.17, 15) is 22.4 Å². The zero-order valence-electron chi connectivity index (χ0n) is 14.9. The molecule has 1 unspecified atom stereocenters. The number of nitrogens with zero attached hydrogens (tertiary/aromatic N) is 1. The smallest absolute Gasteiger partial charge is 0.406 e. The topological polar surface area (TPSA) is 38.8 Å². The average Bonchev–Trinajstić information content (AvgIpc) is 2.66. The summed E-state index contributed by atoms with van der Waals surface area (Å²) in [4.78, 5) is 14.2. The predicted molar refractivity (Wildman–Crippen MR) is 93.2 cm³/mol. The van der Waals surface area contributed by atoms with Gasteiger partial charge < -0.3 is 14.4 Å². The van der Waals surface area contributed by atoms with Crippen LogP contribution in [0.5, 0.6) is 5.75 Å². The van der Waals surface area contributed by atoms with Crippen LogP contribution in [0.4, 0.5) is 17.6 Å². The number of hydrogen-bond donors (Lipinski definition) is 0. The summed E-state index contributed by atoms with van der Waals surface area (Å²) in [6.07, 6.45) is -3.34. The summed E-state index contributed by atoms with van der Waals surface area (Å²) >= 11 is 0. The first-order valence-electron chi connectivity index (χ1n) is 8.81. The van der Waals surface area contributed by atoms with Crippen molar-refractivity contribution in [1.82, 2.24) is 4.90 Å². The molecule has 0 saturated carbocycles. The van der Waals surface area contributed by atoms with Gasteiger partial charge in [-0.3, -0.25) is 4.79 Å². The second kappa shape index (κ2) is 8.60. The second-order valence-corrected chi connectivity index (χ2v) is 6.53. The monoisotopic (exact) mass is 397 g/mol. The molecule has 1 aliphatic heterocycles. The SMILES string of the molecule is O=C(c1ccc(F)cc1)N1CCCC(OCc2ccc(OC(F)(F)F)cc2)C1. The molecule has 1 saturated heterocycles. The van der Waals surface area contributed by atoms with Crippen LogP contribution in [0.15, 0.2) is 48.5 Å². The van der Waals surface area contributed by atoms with Crippen LogP contribution >= 0.6 is 0 Å². The Bertz CT molecular complexity index is 791. The van der Waals surface area contributed by atoms with Gasteiger partial charge in [0, 0.05) is 18.7 Å². The lowest BCUT2D eigenvalue weighted by atomic mass is 10.1. The van der Waals surface area contributed by atoms with Crippen LogP contribution in [0.25, 0.3) is 0 Å². The Morgan fingerprint density at radius 3 is 2.39 bits per heavy atom. The van der Waals surface area contributed by atoms with Crippen LogP contribution in [-0.4, -0.2) is 36.4 Å². The van der Waals surface area contributed by atoms with Gasteiger partial charge >= 0.3 is 6.36 Å². The van der Waals surface area contributed by atoms with Gasteiger partial charge in [-0.05, 0) is 54.8 Å². The zero-order chi connectivity index (χ0) is 20.1. The molecule has 1 atom stereocenters. The fourth-order valence-electron chi connectivity index (χ4n) is 3.04. The minimum atomic E-state index is -4.72. The van der Waals surface area contributed by atoms with Crippen molar-refractivity contribution in [2.45, 2.75) is 31.9 Å². The third-order valence-corrected chi connectivity index (χ3v) is 4.40. The molecule has 2 aromatic rings. The van der Waals surface area contributed by atoms with E-state index in [1.165, 1.54) is 48.5 Å². The molecule has 1 aliphatic rings.